The lowest BCUT2D eigenvalue weighted by Crippen LogP contribution is -2.07. The van der Waals surface area contributed by atoms with Gasteiger partial charge in [0.25, 0.3) is 0 Å². The molecule has 54 valence electrons. The molecule has 0 fully saturated rings. The van der Waals surface area contributed by atoms with Crippen molar-refractivity contribution in [1.82, 2.24) is 4.90 Å². The van der Waals surface area contributed by atoms with Crippen LogP contribution in [0.4, 0.5) is 0 Å². The van der Waals surface area contributed by atoms with Crippen LogP contribution in [0, 0.1) is 6.42 Å². The summed E-state index contributed by atoms with van der Waals surface area (Å²) in [6.07, 6.45) is 15.3. The Bertz CT molecular complexity index is 279. The van der Waals surface area contributed by atoms with Gasteiger partial charge >= 0.3 is 0 Å². The molecule has 2 rings (SSSR count). The number of fused-ring (bicyclic) bond motifs is 1. The second-order valence-electron chi connectivity index (χ2n) is 2.67. The van der Waals surface area contributed by atoms with Crippen molar-refractivity contribution >= 4 is 0 Å². The maximum Gasteiger partial charge on any atom is 0.0350 e. The Labute approximate surface area is 67.0 Å². The van der Waals surface area contributed by atoms with Crippen molar-refractivity contribution in [2.75, 3.05) is 7.05 Å². The molecule has 0 aromatic heterocycles. The molecule has 1 aliphatic carbocycles. The van der Waals surface area contributed by atoms with Gasteiger partial charge in [-0.2, -0.15) is 0 Å². The number of allylic oxidation sites excluding steroid dienone is 6. The Kier molecular flexibility index (Phi) is 1.42. The molecule has 1 heterocycles. The first-order chi connectivity index (χ1) is 5.36. The second kappa shape index (κ2) is 2.42. The van der Waals surface area contributed by atoms with Crippen molar-refractivity contribution in [1.29, 1.82) is 0 Å². The molecule has 0 amide bonds. The van der Waals surface area contributed by atoms with Gasteiger partial charge in [-0.25, -0.2) is 0 Å². The highest BCUT2D eigenvalue weighted by Crippen LogP contribution is 2.22. The largest absolute Gasteiger partial charge is 0.357 e. The second-order valence-corrected chi connectivity index (χ2v) is 2.67. The van der Waals surface area contributed by atoms with E-state index < -0.39 is 0 Å². The lowest BCUT2D eigenvalue weighted by atomic mass is 9.99. The van der Waals surface area contributed by atoms with Gasteiger partial charge in [0.2, 0.25) is 0 Å². The smallest absolute Gasteiger partial charge is 0.0350 e. The van der Waals surface area contributed by atoms with Gasteiger partial charge in [-0.15, -0.1) is 0 Å². The molecule has 2 radical (unpaired) electrons. The van der Waals surface area contributed by atoms with E-state index in [2.05, 4.69) is 24.8 Å². The Balaban J connectivity index is 2.36. The molecule has 0 aromatic rings. The minimum absolute atomic E-state index is 1.24. The van der Waals surface area contributed by atoms with Crippen molar-refractivity contribution in [2.24, 2.45) is 0 Å². The molecule has 0 bridgehead atoms. The SMILES string of the molecule is CN1C=CC2=C[C]C=CC2=C1. The van der Waals surface area contributed by atoms with Crippen LogP contribution in [-0.4, -0.2) is 11.9 Å². The predicted molar refractivity (Wildman–Crippen MR) is 45.5 cm³/mol. The van der Waals surface area contributed by atoms with E-state index in [1.165, 1.54) is 11.1 Å². The molecule has 1 aliphatic heterocycles. The third-order valence-corrected chi connectivity index (χ3v) is 1.76. The average Bonchev–Trinajstić information content (AvgIpc) is 2.04. The van der Waals surface area contributed by atoms with Crippen molar-refractivity contribution in [3.05, 3.63) is 54.3 Å². The highest BCUT2D eigenvalue weighted by molar-refractivity contribution is 5.53. The number of rotatable bonds is 0. The van der Waals surface area contributed by atoms with Crippen LogP contribution in [-0.2, 0) is 0 Å². The van der Waals surface area contributed by atoms with E-state index >= 15 is 0 Å². The van der Waals surface area contributed by atoms with Gasteiger partial charge in [0, 0.05) is 25.9 Å². The molecule has 0 unspecified atom stereocenters. The van der Waals surface area contributed by atoms with Crippen molar-refractivity contribution in [3.8, 4) is 0 Å². The van der Waals surface area contributed by atoms with Crippen LogP contribution in [0.3, 0.4) is 0 Å². The van der Waals surface area contributed by atoms with E-state index in [1.807, 2.05) is 30.3 Å². The fraction of sp³-hybridized carbons (Fsp3) is 0.100. The van der Waals surface area contributed by atoms with Gasteiger partial charge in [0.1, 0.15) is 0 Å². The van der Waals surface area contributed by atoms with Gasteiger partial charge < -0.3 is 4.90 Å². The molecule has 0 aromatic carbocycles. The number of hydrogen-bond acceptors (Lipinski definition) is 1. The number of hydrogen-bond donors (Lipinski definition) is 0. The van der Waals surface area contributed by atoms with E-state index in [0.29, 0.717) is 0 Å². The Morgan fingerprint density at radius 1 is 1.27 bits per heavy atom. The Hall–Kier alpha value is -1.24. The van der Waals surface area contributed by atoms with Crippen LogP contribution in [0.1, 0.15) is 0 Å². The summed E-state index contributed by atoms with van der Waals surface area (Å²) in [5.41, 5.74) is 2.50. The quantitative estimate of drug-likeness (QED) is 0.500. The van der Waals surface area contributed by atoms with Gasteiger partial charge in [0.15, 0.2) is 0 Å². The normalized spacial score (nSPS) is 21.0. The van der Waals surface area contributed by atoms with E-state index in [-0.39, 0.29) is 0 Å². The highest BCUT2D eigenvalue weighted by Gasteiger charge is 2.06. The first-order valence-corrected chi connectivity index (χ1v) is 3.61. The molecule has 11 heavy (non-hydrogen) atoms. The van der Waals surface area contributed by atoms with Crippen LogP contribution < -0.4 is 0 Å². The van der Waals surface area contributed by atoms with E-state index in [9.17, 15) is 0 Å². The molecule has 0 saturated heterocycles. The summed E-state index contributed by atoms with van der Waals surface area (Å²) in [7, 11) is 2.02. The summed E-state index contributed by atoms with van der Waals surface area (Å²) in [5.74, 6) is 0. The van der Waals surface area contributed by atoms with E-state index in [4.69, 9.17) is 0 Å². The zero-order valence-electron chi connectivity index (χ0n) is 6.41. The lowest BCUT2D eigenvalue weighted by Gasteiger charge is -2.18. The van der Waals surface area contributed by atoms with Gasteiger partial charge in [-0.3, -0.25) is 0 Å². The summed E-state index contributed by atoms with van der Waals surface area (Å²) >= 11 is 0. The van der Waals surface area contributed by atoms with Crippen molar-refractivity contribution < 1.29 is 0 Å². The fourth-order valence-corrected chi connectivity index (χ4v) is 1.18. The van der Waals surface area contributed by atoms with Crippen molar-refractivity contribution in [3.63, 3.8) is 0 Å². The molecule has 1 nitrogen and oxygen atoms in total. The molecule has 1 heteroatoms. The minimum atomic E-state index is 1.24. The molecule has 0 N–H and O–H groups in total. The van der Waals surface area contributed by atoms with Crippen LogP contribution >= 0.6 is 0 Å². The fourth-order valence-electron chi connectivity index (χ4n) is 1.18. The Morgan fingerprint density at radius 3 is 3.09 bits per heavy atom. The maximum atomic E-state index is 3.05. The minimum Gasteiger partial charge on any atom is -0.357 e. The molecule has 0 atom stereocenters. The molecule has 0 spiro atoms. The maximum absolute atomic E-state index is 3.05. The summed E-state index contributed by atoms with van der Waals surface area (Å²) in [6, 6.07) is 0. The monoisotopic (exact) mass is 143 g/mol. The highest BCUT2D eigenvalue weighted by atomic mass is 15.1. The van der Waals surface area contributed by atoms with E-state index in [1.54, 1.807) is 0 Å². The summed E-state index contributed by atoms with van der Waals surface area (Å²) in [5, 5.41) is 0. The third kappa shape index (κ3) is 1.14. The van der Waals surface area contributed by atoms with Crippen LogP contribution in [0.25, 0.3) is 0 Å². The summed E-state index contributed by atoms with van der Waals surface area (Å²) in [6.45, 7) is 0. The standard InChI is InChI=1S/C10H9N/c1-11-7-6-9-4-2-3-5-10(9)8-11/h3-8H,1H3. The molecular weight excluding hydrogens is 134 g/mol. The zero-order chi connectivity index (χ0) is 7.68. The predicted octanol–water partition coefficient (Wildman–Crippen LogP) is 1.91. The lowest BCUT2D eigenvalue weighted by molar-refractivity contribution is 0.615. The average molecular weight is 143 g/mol. The third-order valence-electron chi connectivity index (χ3n) is 1.76. The van der Waals surface area contributed by atoms with Gasteiger partial charge in [0.05, 0.1) is 0 Å². The summed E-state index contributed by atoms with van der Waals surface area (Å²) in [4.78, 5) is 2.04. The molecule has 0 saturated carbocycles. The first-order valence-electron chi connectivity index (χ1n) is 3.61. The Morgan fingerprint density at radius 2 is 2.18 bits per heavy atom. The van der Waals surface area contributed by atoms with Gasteiger partial charge in [-0.05, 0) is 17.2 Å². The molecular formula is C10H9N. The topological polar surface area (TPSA) is 3.24 Å². The molecule has 2 aliphatic rings. The van der Waals surface area contributed by atoms with Crippen LogP contribution in [0.2, 0.25) is 0 Å². The van der Waals surface area contributed by atoms with Gasteiger partial charge in [-0.1, -0.05) is 18.2 Å². The van der Waals surface area contributed by atoms with Crippen molar-refractivity contribution in [2.45, 2.75) is 0 Å². The van der Waals surface area contributed by atoms with E-state index in [0.717, 1.165) is 0 Å². The zero-order valence-corrected chi connectivity index (χ0v) is 6.41. The summed E-state index contributed by atoms with van der Waals surface area (Å²) < 4.78 is 0. The van der Waals surface area contributed by atoms with Crippen LogP contribution in [0.15, 0.2) is 47.9 Å². The number of nitrogens with zero attached hydrogens (tertiary/aromatic N) is 1. The first kappa shape index (κ1) is 6.47. The van der Waals surface area contributed by atoms with Crippen LogP contribution in [0.5, 0.6) is 0 Å².